The predicted molar refractivity (Wildman–Crippen MR) is 76.5 cm³/mol. The first-order chi connectivity index (χ1) is 9.48. The van der Waals surface area contributed by atoms with Crippen LogP contribution in [-0.2, 0) is 4.79 Å². The smallest absolute Gasteiger partial charge is 0.317 e. The standard InChI is InChI=1S/C15H26N2O3/c1-3-4-15(13(18)19)5-7-17(8-6-15)14(20)16-10-12-9-11(12)2/h11-12H,3-10H2,1-2H3,(H,16,20)(H,18,19). The van der Waals surface area contributed by atoms with Crippen molar-refractivity contribution in [1.29, 1.82) is 0 Å². The highest BCUT2D eigenvalue weighted by molar-refractivity contribution is 5.77. The van der Waals surface area contributed by atoms with E-state index in [0.717, 1.165) is 18.9 Å². The van der Waals surface area contributed by atoms with Gasteiger partial charge in [-0.15, -0.1) is 0 Å². The fourth-order valence-electron chi connectivity index (χ4n) is 3.20. The zero-order chi connectivity index (χ0) is 14.8. The molecule has 2 rings (SSSR count). The van der Waals surface area contributed by atoms with Crippen molar-refractivity contribution in [3.05, 3.63) is 0 Å². The van der Waals surface area contributed by atoms with Crippen molar-refractivity contribution in [2.45, 2.75) is 46.0 Å². The fraction of sp³-hybridized carbons (Fsp3) is 0.867. The number of aliphatic carboxylic acids is 1. The predicted octanol–water partition coefficient (Wildman–Crippen LogP) is 2.32. The molecule has 2 fully saturated rings. The van der Waals surface area contributed by atoms with Gasteiger partial charge in [-0.1, -0.05) is 20.3 Å². The summed E-state index contributed by atoms with van der Waals surface area (Å²) in [6.45, 7) is 6.08. The maximum atomic E-state index is 12.0. The Morgan fingerprint density at radius 2 is 1.95 bits per heavy atom. The van der Waals surface area contributed by atoms with Crippen LogP contribution >= 0.6 is 0 Å². The number of carboxylic acids is 1. The van der Waals surface area contributed by atoms with E-state index in [2.05, 4.69) is 12.2 Å². The number of urea groups is 1. The van der Waals surface area contributed by atoms with Crippen LogP contribution in [0.4, 0.5) is 4.79 Å². The molecule has 2 unspecified atom stereocenters. The lowest BCUT2D eigenvalue weighted by Gasteiger charge is -2.38. The molecule has 0 aromatic carbocycles. The molecule has 0 aromatic rings. The Bertz CT molecular complexity index is 375. The van der Waals surface area contributed by atoms with E-state index < -0.39 is 11.4 Å². The largest absolute Gasteiger partial charge is 0.481 e. The Kier molecular flexibility index (Phi) is 4.55. The molecule has 1 saturated carbocycles. The number of carbonyl (C=O) groups excluding carboxylic acids is 1. The molecule has 2 aliphatic rings. The lowest BCUT2D eigenvalue weighted by Crippen LogP contribution is -2.49. The molecule has 114 valence electrons. The lowest BCUT2D eigenvalue weighted by molar-refractivity contribution is -0.152. The first-order valence-corrected chi connectivity index (χ1v) is 7.74. The molecule has 2 amide bonds. The van der Waals surface area contributed by atoms with Crippen molar-refractivity contribution in [3.63, 3.8) is 0 Å². The SMILES string of the molecule is CCCC1(C(=O)O)CCN(C(=O)NCC2CC2C)CC1. The van der Waals surface area contributed by atoms with E-state index in [-0.39, 0.29) is 6.03 Å². The van der Waals surface area contributed by atoms with Crippen LogP contribution < -0.4 is 5.32 Å². The van der Waals surface area contributed by atoms with Gasteiger partial charge in [0.2, 0.25) is 0 Å². The molecule has 0 radical (unpaired) electrons. The van der Waals surface area contributed by atoms with Crippen molar-refractivity contribution in [3.8, 4) is 0 Å². The second-order valence-electron chi connectivity index (χ2n) is 6.48. The average molecular weight is 282 g/mol. The summed E-state index contributed by atoms with van der Waals surface area (Å²) in [5.74, 6) is 0.675. The zero-order valence-corrected chi connectivity index (χ0v) is 12.5. The first kappa shape index (κ1) is 15.1. The maximum absolute atomic E-state index is 12.0. The van der Waals surface area contributed by atoms with Gasteiger partial charge in [-0.2, -0.15) is 0 Å². The van der Waals surface area contributed by atoms with Crippen LogP contribution in [-0.4, -0.2) is 41.6 Å². The van der Waals surface area contributed by atoms with Crippen LogP contribution in [0.5, 0.6) is 0 Å². The maximum Gasteiger partial charge on any atom is 0.317 e. The number of likely N-dealkylation sites (tertiary alicyclic amines) is 1. The number of amides is 2. The van der Waals surface area contributed by atoms with E-state index in [1.807, 2.05) is 6.92 Å². The second kappa shape index (κ2) is 6.02. The van der Waals surface area contributed by atoms with E-state index in [4.69, 9.17) is 0 Å². The summed E-state index contributed by atoms with van der Waals surface area (Å²) in [5.41, 5.74) is -0.615. The summed E-state index contributed by atoms with van der Waals surface area (Å²) in [4.78, 5) is 25.3. The van der Waals surface area contributed by atoms with Crippen LogP contribution in [0.15, 0.2) is 0 Å². The third kappa shape index (κ3) is 3.25. The molecule has 0 spiro atoms. The van der Waals surface area contributed by atoms with Crippen LogP contribution in [0.2, 0.25) is 0 Å². The molecule has 1 saturated heterocycles. The van der Waals surface area contributed by atoms with Crippen molar-refractivity contribution in [2.24, 2.45) is 17.3 Å². The van der Waals surface area contributed by atoms with Gasteiger partial charge in [0, 0.05) is 19.6 Å². The Morgan fingerprint density at radius 1 is 1.35 bits per heavy atom. The van der Waals surface area contributed by atoms with Gasteiger partial charge in [-0.3, -0.25) is 4.79 Å². The molecule has 20 heavy (non-hydrogen) atoms. The minimum absolute atomic E-state index is 0.0282. The topological polar surface area (TPSA) is 69.6 Å². The van der Waals surface area contributed by atoms with E-state index in [1.54, 1.807) is 4.90 Å². The number of nitrogens with zero attached hydrogens (tertiary/aromatic N) is 1. The number of rotatable bonds is 5. The lowest BCUT2D eigenvalue weighted by atomic mass is 9.75. The van der Waals surface area contributed by atoms with Gasteiger partial charge in [-0.25, -0.2) is 4.79 Å². The van der Waals surface area contributed by atoms with Gasteiger partial charge in [0.1, 0.15) is 0 Å². The van der Waals surface area contributed by atoms with E-state index in [9.17, 15) is 14.7 Å². The molecular weight excluding hydrogens is 256 g/mol. The summed E-state index contributed by atoms with van der Waals surface area (Å²) in [5, 5.41) is 12.4. The van der Waals surface area contributed by atoms with Crippen molar-refractivity contribution >= 4 is 12.0 Å². The highest BCUT2D eigenvalue weighted by Gasteiger charge is 2.41. The van der Waals surface area contributed by atoms with Gasteiger partial charge in [0.05, 0.1) is 5.41 Å². The number of carbonyl (C=O) groups is 2. The monoisotopic (exact) mass is 282 g/mol. The number of hydrogen-bond donors (Lipinski definition) is 2. The van der Waals surface area contributed by atoms with Crippen LogP contribution in [0.25, 0.3) is 0 Å². The average Bonchev–Trinajstić information content (AvgIpc) is 3.13. The molecular formula is C15H26N2O3. The third-order valence-corrected chi connectivity index (χ3v) is 4.98. The Hall–Kier alpha value is -1.26. The van der Waals surface area contributed by atoms with E-state index in [0.29, 0.717) is 38.3 Å². The van der Waals surface area contributed by atoms with Crippen LogP contribution in [0, 0.1) is 17.3 Å². The number of carboxylic acid groups (broad SMARTS) is 1. The van der Waals surface area contributed by atoms with Crippen molar-refractivity contribution < 1.29 is 14.7 Å². The molecule has 0 bridgehead atoms. The number of piperidine rings is 1. The Morgan fingerprint density at radius 3 is 2.40 bits per heavy atom. The summed E-state index contributed by atoms with van der Waals surface area (Å²) in [7, 11) is 0. The van der Waals surface area contributed by atoms with Gasteiger partial charge in [0.15, 0.2) is 0 Å². The van der Waals surface area contributed by atoms with Crippen LogP contribution in [0.3, 0.4) is 0 Å². The van der Waals surface area contributed by atoms with Crippen molar-refractivity contribution in [1.82, 2.24) is 10.2 Å². The first-order valence-electron chi connectivity index (χ1n) is 7.74. The highest BCUT2D eigenvalue weighted by atomic mass is 16.4. The molecule has 1 aliphatic carbocycles. The minimum Gasteiger partial charge on any atom is -0.481 e. The normalized spacial score (nSPS) is 28.0. The Labute approximate surface area is 120 Å². The van der Waals surface area contributed by atoms with Crippen molar-refractivity contribution in [2.75, 3.05) is 19.6 Å². The molecule has 5 heteroatoms. The molecule has 1 heterocycles. The highest BCUT2D eigenvalue weighted by Crippen LogP contribution is 2.38. The summed E-state index contributed by atoms with van der Waals surface area (Å²) in [6, 6.07) is -0.0282. The van der Waals surface area contributed by atoms with Gasteiger partial charge < -0.3 is 15.3 Å². The number of nitrogens with one attached hydrogen (secondary N) is 1. The molecule has 1 aliphatic heterocycles. The summed E-state index contributed by atoms with van der Waals surface area (Å²) >= 11 is 0. The van der Waals surface area contributed by atoms with Gasteiger partial charge >= 0.3 is 12.0 Å². The summed E-state index contributed by atoms with van der Waals surface area (Å²) in [6.07, 6.45) is 3.93. The second-order valence-corrected chi connectivity index (χ2v) is 6.48. The summed E-state index contributed by atoms with van der Waals surface area (Å²) < 4.78 is 0. The Balaban J connectivity index is 1.80. The molecule has 2 N–H and O–H groups in total. The quantitative estimate of drug-likeness (QED) is 0.813. The minimum atomic E-state index is -0.703. The molecule has 5 nitrogen and oxygen atoms in total. The fourth-order valence-corrected chi connectivity index (χ4v) is 3.20. The van der Waals surface area contributed by atoms with Gasteiger partial charge in [-0.05, 0) is 37.5 Å². The zero-order valence-electron chi connectivity index (χ0n) is 12.5. The molecule has 2 atom stereocenters. The third-order valence-electron chi connectivity index (χ3n) is 4.98. The van der Waals surface area contributed by atoms with Gasteiger partial charge in [0.25, 0.3) is 0 Å². The van der Waals surface area contributed by atoms with E-state index in [1.165, 1.54) is 6.42 Å². The number of hydrogen-bond acceptors (Lipinski definition) is 2. The molecule has 0 aromatic heterocycles. The van der Waals surface area contributed by atoms with Crippen LogP contribution in [0.1, 0.15) is 46.0 Å². The van der Waals surface area contributed by atoms with E-state index >= 15 is 0 Å².